The Morgan fingerprint density at radius 3 is 2.81 bits per heavy atom. The molecule has 1 unspecified atom stereocenters. The number of rotatable bonds is 4. The maximum Gasteiger partial charge on any atom is 0.255 e. The largest absolute Gasteiger partial charge is 0.322 e. The Balaban J connectivity index is 1.28. The second-order valence-electron chi connectivity index (χ2n) is 8.43. The van der Waals surface area contributed by atoms with Crippen molar-refractivity contribution in [3.63, 3.8) is 0 Å². The normalized spacial score (nSPS) is 32.1. The molecule has 3 saturated heterocycles. The fraction of sp³-hybridized carbons (Fsp3) is 0.550. The second kappa shape index (κ2) is 6.14. The molecule has 0 aromatic heterocycles. The monoisotopic (exact) mass is 368 g/mol. The van der Waals surface area contributed by atoms with Gasteiger partial charge in [0.05, 0.1) is 0 Å². The maximum absolute atomic E-state index is 12.9. The van der Waals surface area contributed by atoms with Crippen LogP contribution < -0.4 is 16.0 Å². The lowest BCUT2D eigenvalue weighted by molar-refractivity contribution is -0.136. The average molecular weight is 368 g/mol. The fourth-order valence-corrected chi connectivity index (χ4v) is 5.06. The van der Waals surface area contributed by atoms with Crippen LogP contribution in [0.1, 0.15) is 47.2 Å². The number of piperidine rings is 3. The summed E-state index contributed by atoms with van der Waals surface area (Å²) in [4.78, 5) is 38.0. The van der Waals surface area contributed by atoms with Crippen LogP contribution in [0.3, 0.4) is 0 Å². The molecule has 6 rings (SSSR count). The molecule has 1 aromatic carbocycles. The molecule has 1 aliphatic carbocycles. The molecule has 1 aromatic rings. The molecule has 0 spiro atoms. The zero-order chi connectivity index (χ0) is 18.6. The number of benzene rings is 1. The number of carbonyl (C=O) groups excluding carboxylic acids is 3. The van der Waals surface area contributed by atoms with Gasteiger partial charge in [0.15, 0.2) is 0 Å². The highest BCUT2D eigenvalue weighted by Gasteiger charge is 2.46. The van der Waals surface area contributed by atoms with Crippen molar-refractivity contribution >= 4 is 17.7 Å². The van der Waals surface area contributed by atoms with E-state index in [4.69, 9.17) is 0 Å². The molecule has 27 heavy (non-hydrogen) atoms. The highest BCUT2D eigenvalue weighted by atomic mass is 16.2. The third kappa shape index (κ3) is 2.85. The van der Waals surface area contributed by atoms with E-state index in [-0.39, 0.29) is 29.7 Å². The number of fused-ring (bicyclic) bond motifs is 3. The maximum atomic E-state index is 12.9. The molecule has 3 N–H and O–H groups in total. The number of hydrogen-bond acceptors (Lipinski definition) is 5. The Labute approximate surface area is 157 Å². The molecule has 3 amide bonds. The minimum absolute atomic E-state index is 0.109. The van der Waals surface area contributed by atoms with Crippen LogP contribution >= 0.6 is 0 Å². The first kappa shape index (κ1) is 16.9. The van der Waals surface area contributed by atoms with Gasteiger partial charge in [-0.1, -0.05) is 12.1 Å². The predicted octanol–water partition coefficient (Wildman–Crippen LogP) is 0.289. The van der Waals surface area contributed by atoms with Crippen LogP contribution in [0.2, 0.25) is 0 Å². The number of imide groups is 1. The van der Waals surface area contributed by atoms with Crippen LogP contribution in [0.15, 0.2) is 18.2 Å². The van der Waals surface area contributed by atoms with Crippen LogP contribution in [0.4, 0.5) is 0 Å². The van der Waals surface area contributed by atoms with Crippen LogP contribution in [-0.2, 0) is 22.7 Å². The van der Waals surface area contributed by atoms with Crippen LogP contribution in [0, 0.1) is 5.92 Å². The molecule has 4 heterocycles. The smallest absolute Gasteiger partial charge is 0.255 e. The van der Waals surface area contributed by atoms with E-state index < -0.39 is 6.04 Å². The topological polar surface area (TPSA) is 90.5 Å². The van der Waals surface area contributed by atoms with Crippen molar-refractivity contribution in [2.75, 3.05) is 13.1 Å². The van der Waals surface area contributed by atoms with Gasteiger partial charge >= 0.3 is 0 Å². The van der Waals surface area contributed by atoms with Crippen molar-refractivity contribution in [3.8, 4) is 0 Å². The summed E-state index contributed by atoms with van der Waals surface area (Å²) in [5, 5.41) is 9.50. The van der Waals surface area contributed by atoms with Gasteiger partial charge in [0.2, 0.25) is 11.8 Å². The number of carbonyl (C=O) groups is 3. The summed E-state index contributed by atoms with van der Waals surface area (Å²) in [5.74, 6) is 0.0683. The minimum Gasteiger partial charge on any atom is -0.322 e. The van der Waals surface area contributed by atoms with Crippen molar-refractivity contribution in [2.24, 2.45) is 5.92 Å². The van der Waals surface area contributed by atoms with E-state index in [1.165, 1.54) is 12.8 Å². The molecule has 4 aliphatic heterocycles. The van der Waals surface area contributed by atoms with Crippen molar-refractivity contribution < 1.29 is 14.4 Å². The number of nitrogens with zero attached hydrogens (tertiary/aromatic N) is 1. The molecule has 1 saturated carbocycles. The van der Waals surface area contributed by atoms with Crippen LogP contribution in [0.5, 0.6) is 0 Å². The van der Waals surface area contributed by atoms with Gasteiger partial charge in [-0.3, -0.25) is 19.7 Å². The minimum atomic E-state index is -0.553. The highest BCUT2D eigenvalue weighted by molar-refractivity contribution is 6.05. The molecule has 7 nitrogen and oxygen atoms in total. The fourth-order valence-electron chi connectivity index (χ4n) is 5.06. The first-order valence-corrected chi connectivity index (χ1v) is 9.75. The number of amides is 3. The molecule has 1 atom stereocenters. The summed E-state index contributed by atoms with van der Waals surface area (Å²) >= 11 is 0. The molecule has 5 aliphatic rings. The molecule has 142 valence electrons. The zero-order valence-corrected chi connectivity index (χ0v) is 15.2. The summed E-state index contributed by atoms with van der Waals surface area (Å²) in [7, 11) is 0. The Morgan fingerprint density at radius 1 is 1.22 bits per heavy atom. The second-order valence-corrected chi connectivity index (χ2v) is 8.43. The van der Waals surface area contributed by atoms with E-state index in [0.29, 0.717) is 18.5 Å². The van der Waals surface area contributed by atoms with Gasteiger partial charge in [-0.25, -0.2) is 0 Å². The number of hydrogen-bond donors (Lipinski definition) is 3. The van der Waals surface area contributed by atoms with Gasteiger partial charge in [0, 0.05) is 37.2 Å². The van der Waals surface area contributed by atoms with Gasteiger partial charge in [-0.2, -0.15) is 0 Å². The summed E-state index contributed by atoms with van der Waals surface area (Å²) in [6, 6.07) is 5.47. The van der Waals surface area contributed by atoms with Gasteiger partial charge in [0.25, 0.3) is 5.91 Å². The average Bonchev–Trinajstić information content (AvgIpc) is 2.96. The van der Waals surface area contributed by atoms with E-state index in [2.05, 4.69) is 22.0 Å². The van der Waals surface area contributed by atoms with Crippen molar-refractivity contribution in [2.45, 2.75) is 50.4 Å². The van der Waals surface area contributed by atoms with Crippen molar-refractivity contribution in [1.82, 2.24) is 20.9 Å². The van der Waals surface area contributed by atoms with E-state index in [9.17, 15) is 14.4 Å². The molecule has 4 fully saturated rings. The third-order valence-corrected chi connectivity index (χ3v) is 6.52. The van der Waals surface area contributed by atoms with E-state index in [1.807, 2.05) is 12.1 Å². The first-order chi connectivity index (χ1) is 13.0. The van der Waals surface area contributed by atoms with Gasteiger partial charge in [-0.05, 0) is 48.9 Å². The van der Waals surface area contributed by atoms with Gasteiger partial charge in [0.1, 0.15) is 6.04 Å². The third-order valence-electron chi connectivity index (χ3n) is 6.52. The van der Waals surface area contributed by atoms with Crippen LogP contribution in [0.25, 0.3) is 0 Å². The molecule has 2 bridgehead atoms. The van der Waals surface area contributed by atoms with E-state index >= 15 is 0 Å². The molecule has 0 radical (unpaired) electrons. The lowest BCUT2D eigenvalue weighted by Crippen LogP contribution is -2.66. The van der Waals surface area contributed by atoms with Gasteiger partial charge < -0.3 is 15.5 Å². The van der Waals surface area contributed by atoms with Crippen molar-refractivity contribution in [3.05, 3.63) is 34.9 Å². The number of nitrogens with one attached hydrogen (secondary N) is 3. The summed E-state index contributed by atoms with van der Waals surface area (Å²) < 4.78 is 0. The van der Waals surface area contributed by atoms with Gasteiger partial charge in [-0.15, -0.1) is 0 Å². The van der Waals surface area contributed by atoms with Crippen LogP contribution in [-0.4, -0.2) is 47.3 Å². The summed E-state index contributed by atoms with van der Waals surface area (Å²) in [6.45, 7) is 3.32. The Morgan fingerprint density at radius 2 is 2.07 bits per heavy atom. The SMILES string of the molecule is O=C1CCC(N2Cc3ccc(CNC45CNCC(C4)C5)cc3C2=O)C(=O)N1. The molecular formula is C20H24N4O3. The van der Waals surface area contributed by atoms with E-state index in [1.54, 1.807) is 4.90 Å². The lowest BCUT2D eigenvalue weighted by Gasteiger charge is -2.53. The standard InChI is InChI=1S/C20H24N4O3/c25-17-4-3-16(18(26)23-17)24-10-14-2-1-12(5-15(14)19(24)27)9-22-20-6-13(7-20)8-21-11-20/h1-2,5,13,16,21-22H,3-4,6-11H2,(H,23,25,26). The predicted molar refractivity (Wildman–Crippen MR) is 97.7 cm³/mol. The lowest BCUT2D eigenvalue weighted by atomic mass is 9.65. The summed E-state index contributed by atoms with van der Waals surface area (Å²) in [6.07, 6.45) is 3.14. The Bertz CT molecular complexity index is 825. The van der Waals surface area contributed by atoms with Crippen molar-refractivity contribution in [1.29, 1.82) is 0 Å². The highest BCUT2D eigenvalue weighted by Crippen LogP contribution is 2.40. The summed E-state index contributed by atoms with van der Waals surface area (Å²) in [5.41, 5.74) is 2.94. The first-order valence-electron chi connectivity index (χ1n) is 9.75. The zero-order valence-electron chi connectivity index (χ0n) is 15.2. The Kier molecular flexibility index (Phi) is 3.84. The molecular weight excluding hydrogens is 344 g/mol. The van der Waals surface area contributed by atoms with E-state index in [0.717, 1.165) is 36.7 Å². The Hall–Kier alpha value is -2.25. The molecule has 7 heteroatoms. The quantitative estimate of drug-likeness (QED) is 0.665.